The lowest BCUT2D eigenvalue weighted by Crippen LogP contribution is -2.34. The zero-order valence-electron chi connectivity index (χ0n) is 19.9. The molecule has 0 amide bonds. The van der Waals surface area contributed by atoms with Crippen molar-refractivity contribution in [3.8, 4) is 17.2 Å². The standard InChI is InChI=1S/C27H29NO6/c1-16-23(27(30)34-15-17-9-6-5-7-10-17)24(25-19(28-16)11-8-12-20(25)29)18-13-21(31-2)26(33-4)22(14-18)32-3/h5-7,9-10,13-14,24,28H,8,11-12,15H2,1-4H3/t24-/m1/s1. The molecule has 2 aromatic carbocycles. The average molecular weight is 464 g/mol. The summed E-state index contributed by atoms with van der Waals surface area (Å²) in [5, 5.41) is 3.31. The molecule has 2 aliphatic rings. The molecule has 34 heavy (non-hydrogen) atoms. The minimum Gasteiger partial charge on any atom is -0.493 e. The van der Waals surface area contributed by atoms with Crippen LogP contribution in [-0.4, -0.2) is 33.1 Å². The zero-order valence-corrected chi connectivity index (χ0v) is 19.9. The molecule has 0 bridgehead atoms. The number of rotatable bonds is 7. The van der Waals surface area contributed by atoms with Crippen LogP contribution in [0.2, 0.25) is 0 Å². The molecule has 4 rings (SSSR count). The van der Waals surface area contributed by atoms with E-state index in [-0.39, 0.29) is 12.4 Å². The average Bonchev–Trinajstić information content (AvgIpc) is 2.86. The van der Waals surface area contributed by atoms with Crippen LogP contribution in [0.15, 0.2) is 65.0 Å². The number of methoxy groups -OCH3 is 3. The summed E-state index contributed by atoms with van der Waals surface area (Å²) in [6, 6.07) is 13.1. The van der Waals surface area contributed by atoms with E-state index < -0.39 is 11.9 Å². The molecular formula is C27H29NO6. The number of benzene rings is 2. The normalized spacial score (nSPS) is 17.6. The predicted octanol–water partition coefficient (Wildman–Crippen LogP) is 4.42. The summed E-state index contributed by atoms with van der Waals surface area (Å²) in [6.45, 7) is 1.98. The van der Waals surface area contributed by atoms with Crippen molar-refractivity contribution in [2.75, 3.05) is 21.3 Å². The number of hydrogen-bond donors (Lipinski definition) is 1. The summed E-state index contributed by atoms with van der Waals surface area (Å²) in [5.74, 6) is 0.290. The molecule has 1 N–H and O–H groups in total. The van der Waals surface area contributed by atoms with E-state index in [1.807, 2.05) is 37.3 Å². The quantitative estimate of drug-likeness (QED) is 0.609. The number of ketones is 1. The Morgan fingerprint density at radius 3 is 2.29 bits per heavy atom. The van der Waals surface area contributed by atoms with Crippen molar-refractivity contribution in [1.82, 2.24) is 5.32 Å². The van der Waals surface area contributed by atoms with Crippen molar-refractivity contribution in [1.29, 1.82) is 0 Å². The third kappa shape index (κ3) is 4.38. The second-order valence-corrected chi connectivity index (χ2v) is 8.29. The van der Waals surface area contributed by atoms with Gasteiger partial charge in [0.1, 0.15) is 6.61 Å². The fourth-order valence-corrected chi connectivity index (χ4v) is 4.66. The molecule has 1 aliphatic carbocycles. The lowest BCUT2D eigenvalue weighted by Gasteiger charge is -2.34. The number of dihydropyridines is 1. The number of hydrogen-bond acceptors (Lipinski definition) is 7. The van der Waals surface area contributed by atoms with Gasteiger partial charge in [0.25, 0.3) is 0 Å². The molecule has 1 heterocycles. The molecule has 1 aliphatic heterocycles. The fraction of sp³-hybridized carbons (Fsp3) is 0.333. The van der Waals surface area contributed by atoms with Gasteiger partial charge in [-0.15, -0.1) is 0 Å². The number of esters is 1. The molecule has 0 aromatic heterocycles. The van der Waals surface area contributed by atoms with Crippen LogP contribution in [0.25, 0.3) is 0 Å². The van der Waals surface area contributed by atoms with Crippen molar-refractivity contribution in [2.24, 2.45) is 0 Å². The van der Waals surface area contributed by atoms with Crippen LogP contribution in [0.3, 0.4) is 0 Å². The lowest BCUT2D eigenvalue weighted by molar-refractivity contribution is -0.140. The summed E-state index contributed by atoms with van der Waals surface area (Å²) in [6.07, 6.45) is 1.95. The van der Waals surface area contributed by atoms with E-state index in [1.54, 1.807) is 12.1 Å². The second-order valence-electron chi connectivity index (χ2n) is 8.29. The Bertz CT molecular complexity index is 1140. The van der Waals surface area contributed by atoms with Gasteiger partial charge in [-0.05, 0) is 43.0 Å². The minimum absolute atomic E-state index is 0.0216. The Morgan fingerprint density at radius 2 is 1.68 bits per heavy atom. The van der Waals surface area contributed by atoms with Crippen molar-refractivity contribution >= 4 is 11.8 Å². The Labute approximate surface area is 199 Å². The molecule has 7 nitrogen and oxygen atoms in total. The summed E-state index contributed by atoms with van der Waals surface area (Å²) in [4.78, 5) is 26.6. The first-order valence-corrected chi connectivity index (χ1v) is 11.2. The van der Waals surface area contributed by atoms with Crippen molar-refractivity contribution < 1.29 is 28.5 Å². The van der Waals surface area contributed by atoms with Crippen LogP contribution < -0.4 is 19.5 Å². The number of ether oxygens (including phenoxy) is 4. The van der Waals surface area contributed by atoms with Crippen molar-refractivity contribution in [2.45, 2.75) is 38.7 Å². The van der Waals surface area contributed by atoms with Crippen LogP contribution in [0, 0.1) is 0 Å². The van der Waals surface area contributed by atoms with Crippen molar-refractivity contribution in [3.63, 3.8) is 0 Å². The van der Waals surface area contributed by atoms with E-state index >= 15 is 0 Å². The Kier molecular flexibility index (Phi) is 6.91. The first-order chi connectivity index (χ1) is 16.5. The van der Waals surface area contributed by atoms with Gasteiger partial charge in [0.15, 0.2) is 17.3 Å². The summed E-state index contributed by atoms with van der Waals surface area (Å²) in [5.41, 5.74) is 4.11. The molecule has 0 fully saturated rings. The highest BCUT2D eigenvalue weighted by atomic mass is 16.5. The van der Waals surface area contributed by atoms with Crippen LogP contribution in [0.5, 0.6) is 17.2 Å². The van der Waals surface area contributed by atoms with Gasteiger partial charge < -0.3 is 24.3 Å². The molecule has 178 valence electrons. The molecule has 0 spiro atoms. The topological polar surface area (TPSA) is 83.1 Å². The summed E-state index contributed by atoms with van der Waals surface area (Å²) in [7, 11) is 4.61. The maximum atomic E-state index is 13.4. The van der Waals surface area contributed by atoms with Gasteiger partial charge in [-0.1, -0.05) is 30.3 Å². The van der Waals surface area contributed by atoms with Gasteiger partial charge in [-0.2, -0.15) is 0 Å². The van der Waals surface area contributed by atoms with Crippen LogP contribution in [-0.2, 0) is 20.9 Å². The molecule has 0 saturated heterocycles. The SMILES string of the molecule is COc1cc([C@@H]2C(C(=O)OCc3ccccc3)=C(C)NC3=C2C(=O)CCC3)cc(OC)c1OC. The van der Waals surface area contributed by atoms with E-state index in [0.29, 0.717) is 46.1 Å². The smallest absolute Gasteiger partial charge is 0.337 e. The van der Waals surface area contributed by atoms with Gasteiger partial charge in [0.05, 0.1) is 26.9 Å². The Balaban J connectivity index is 1.80. The highest BCUT2D eigenvalue weighted by Gasteiger charge is 2.40. The molecular weight excluding hydrogens is 434 g/mol. The van der Waals surface area contributed by atoms with Gasteiger partial charge in [-0.25, -0.2) is 4.79 Å². The van der Waals surface area contributed by atoms with Crippen LogP contribution >= 0.6 is 0 Å². The van der Waals surface area contributed by atoms with E-state index in [9.17, 15) is 9.59 Å². The number of allylic oxidation sites excluding steroid dienone is 3. The number of Topliss-reactive ketones (excluding diaryl/α,β-unsaturated/α-hetero) is 1. The minimum atomic E-state index is -0.610. The summed E-state index contributed by atoms with van der Waals surface area (Å²) >= 11 is 0. The molecule has 1 atom stereocenters. The first kappa shape index (κ1) is 23.4. The number of carbonyl (C=O) groups excluding carboxylic acids is 2. The zero-order chi connectivity index (χ0) is 24.2. The van der Waals surface area contributed by atoms with Gasteiger partial charge in [0.2, 0.25) is 5.75 Å². The second kappa shape index (κ2) is 10.0. The number of carbonyl (C=O) groups is 2. The van der Waals surface area contributed by atoms with E-state index in [2.05, 4.69) is 5.32 Å². The van der Waals surface area contributed by atoms with E-state index in [1.165, 1.54) is 21.3 Å². The highest BCUT2D eigenvalue weighted by Crippen LogP contribution is 2.47. The van der Waals surface area contributed by atoms with Gasteiger partial charge in [0, 0.05) is 29.3 Å². The molecule has 2 aromatic rings. The van der Waals surface area contributed by atoms with Crippen molar-refractivity contribution in [3.05, 3.63) is 76.1 Å². The van der Waals surface area contributed by atoms with Crippen LogP contribution in [0.1, 0.15) is 43.2 Å². The molecule has 0 saturated carbocycles. The van der Waals surface area contributed by atoms with E-state index in [4.69, 9.17) is 18.9 Å². The van der Waals surface area contributed by atoms with Crippen LogP contribution in [0.4, 0.5) is 0 Å². The van der Waals surface area contributed by atoms with Gasteiger partial charge >= 0.3 is 5.97 Å². The third-order valence-corrected chi connectivity index (χ3v) is 6.23. The fourth-order valence-electron chi connectivity index (χ4n) is 4.66. The monoisotopic (exact) mass is 463 g/mol. The third-order valence-electron chi connectivity index (χ3n) is 6.23. The number of nitrogens with one attached hydrogen (secondary N) is 1. The first-order valence-electron chi connectivity index (χ1n) is 11.2. The maximum absolute atomic E-state index is 13.4. The van der Waals surface area contributed by atoms with E-state index in [0.717, 1.165) is 24.1 Å². The molecule has 7 heteroatoms. The maximum Gasteiger partial charge on any atom is 0.337 e. The Hall–Kier alpha value is -3.74. The lowest BCUT2D eigenvalue weighted by atomic mass is 9.75. The Morgan fingerprint density at radius 1 is 1.00 bits per heavy atom. The molecule has 0 unspecified atom stereocenters. The largest absolute Gasteiger partial charge is 0.493 e. The molecule has 0 radical (unpaired) electrons. The highest BCUT2D eigenvalue weighted by molar-refractivity contribution is 6.03. The summed E-state index contributed by atoms with van der Waals surface area (Å²) < 4.78 is 22.3. The van der Waals surface area contributed by atoms with Gasteiger partial charge in [-0.3, -0.25) is 4.79 Å². The predicted molar refractivity (Wildman–Crippen MR) is 127 cm³/mol.